The van der Waals surface area contributed by atoms with Crippen LogP contribution in [-0.2, 0) is 21.2 Å². The standard InChI is InChI=1S/C19H26N4O3S2/c1-4-9-23-17(15-7-5-6-13(2)11-15)21-22-19(23)27-14(3)18(24)20-16-8-10-28(25,26)12-16/h5-7,11,14,16H,4,8-10,12H2,1-3H3,(H,20,24). The zero-order valence-electron chi connectivity index (χ0n) is 16.4. The van der Waals surface area contributed by atoms with E-state index in [1.54, 1.807) is 6.92 Å². The molecule has 152 valence electrons. The molecule has 1 aliphatic heterocycles. The summed E-state index contributed by atoms with van der Waals surface area (Å²) < 4.78 is 25.2. The third-order valence-electron chi connectivity index (χ3n) is 4.67. The molecule has 1 saturated heterocycles. The summed E-state index contributed by atoms with van der Waals surface area (Å²) in [4.78, 5) is 12.5. The molecule has 1 amide bonds. The Kier molecular flexibility index (Phi) is 6.44. The molecule has 2 atom stereocenters. The van der Waals surface area contributed by atoms with Crippen molar-refractivity contribution in [3.8, 4) is 11.4 Å². The second kappa shape index (κ2) is 8.65. The average Bonchev–Trinajstić information content (AvgIpc) is 3.18. The molecule has 3 rings (SSSR count). The molecule has 0 saturated carbocycles. The lowest BCUT2D eigenvalue weighted by molar-refractivity contribution is -0.120. The SMILES string of the molecule is CCCn1c(SC(C)C(=O)NC2CCS(=O)(=O)C2)nnc1-c1cccc(C)c1. The van der Waals surface area contributed by atoms with Gasteiger partial charge in [0.1, 0.15) is 0 Å². The molecule has 0 aliphatic carbocycles. The maximum atomic E-state index is 12.5. The van der Waals surface area contributed by atoms with Gasteiger partial charge in [0, 0.05) is 18.2 Å². The van der Waals surface area contributed by atoms with Gasteiger partial charge >= 0.3 is 0 Å². The van der Waals surface area contributed by atoms with Crippen molar-refractivity contribution in [1.29, 1.82) is 0 Å². The molecule has 0 spiro atoms. The van der Waals surface area contributed by atoms with Gasteiger partial charge in [0.15, 0.2) is 20.8 Å². The van der Waals surface area contributed by atoms with Crippen molar-refractivity contribution in [2.45, 2.75) is 56.6 Å². The van der Waals surface area contributed by atoms with Crippen LogP contribution >= 0.6 is 11.8 Å². The quantitative estimate of drug-likeness (QED) is 0.689. The summed E-state index contributed by atoms with van der Waals surface area (Å²) in [5, 5.41) is 11.8. The predicted octanol–water partition coefficient (Wildman–Crippen LogP) is 2.45. The van der Waals surface area contributed by atoms with E-state index in [1.165, 1.54) is 11.8 Å². The number of sulfone groups is 1. The third kappa shape index (κ3) is 4.94. The van der Waals surface area contributed by atoms with Crippen LogP contribution in [0.1, 0.15) is 32.3 Å². The minimum Gasteiger partial charge on any atom is -0.351 e. The lowest BCUT2D eigenvalue weighted by Crippen LogP contribution is -2.40. The number of benzene rings is 1. The fourth-order valence-electron chi connectivity index (χ4n) is 3.24. The molecule has 2 unspecified atom stereocenters. The number of hydrogen-bond acceptors (Lipinski definition) is 6. The van der Waals surface area contributed by atoms with E-state index in [-0.39, 0.29) is 23.5 Å². The third-order valence-corrected chi connectivity index (χ3v) is 7.52. The first-order valence-electron chi connectivity index (χ1n) is 9.46. The summed E-state index contributed by atoms with van der Waals surface area (Å²) in [6.45, 7) is 6.69. The number of carbonyl (C=O) groups excluding carboxylic acids is 1. The van der Waals surface area contributed by atoms with Crippen LogP contribution in [0.2, 0.25) is 0 Å². The first kappa shape index (κ1) is 20.9. The molecule has 0 bridgehead atoms. The van der Waals surface area contributed by atoms with Crippen LogP contribution in [0.15, 0.2) is 29.4 Å². The number of rotatable bonds is 7. The lowest BCUT2D eigenvalue weighted by atomic mass is 10.1. The Morgan fingerprint density at radius 2 is 2.18 bits per heavy atom. The van der Waals surface area contributed by atoms with Crippen molar-refractivity contribution in [1.82, 2.24) is 20.1 Å². The van der Waals surface area contributed by atoms with E-state index in [0.717, 1.165) is 29.9 Å². The van der Waals surface area contributed by atoms with Crippen LogP contribution in [0.3, 0.4) is 0 Å². The van der Waals surface area contributed by atoms with E-state index in [4.69, 9.17) is 0 Å². The van der Waals surface area contributed by atoms with E-state index < -0.39 is 15.1 Å². The Morgan fingerprint density at radius 3 is 2.82 bits per heavy atom. The van der Waals surface area contributed by atoms with Crippen molar-refractivity contribution < 1.29 is 13.2 Å². The van der Waals surface area contributed by atoms with E-state index in [1.807, 2.05) is 29.7 Å². The largest absolute Gasteiger partial charge is 0.351 e. The number of thioether (sulfide) groups is 1. The van der Waals surface area contributed by atoms with Crippen molar-refractivity contribution >= 4 is 27.5 Å². The summed E-state index contributed by atoms with van der Waals surface area (Å²) in [6, 6.07) is 7.82. The molecule has 1 N–H and O–H groups in total. The minimum atomic E-state index is -3.02. The number of aromatic nitrogens is 3. The average molecular weight is 423 g/mol. The Labute approximate surface area is 170 Å². The fourth-order valence-corrected chi connectivity index (χ4v) is 5.80. The summed E-state index contributed by atoms with van der Waals surface area (Å²) in [5.41, 5.74) is 2.15. The van der Waals surface area contributed by atoms with Crippen molar-refractivity contribution in [2.24, 2.45) is 0 Å². The topological polar surface area (TPSA) is 94.0 Å². The van der Waals surface area contributed by atoms with Crippen LogP contribution in [0, 0.1) is 6.92 Å². The molecule has 9 heteroatoms. The Balaban J connectivity index is 1.73. The zero-order chi connectivity index (χ0) is 20.3. The zero-order valence-corrected chi connectivity index (χ0v) is 18.0. The van der Waals surface area contributed by atoms with Gasteiger partial charge < -0.3 is 9.88 Å². The molecule has 2 heterocycles. The fraction of sp³-hybridized carbons (Fsp3) is 0.526. The molecule has 28 heavy (non-hydrogen) atoms. The number of nitrogens with zero attached hydrogens (tertiary/aromatic N) is 3. The van der Waals surface area contributed by atoms with Gasteiger partial charge in [0.05, 0.1) is 16.8 Å². The maximum Gasteiger partial charge on any atom is 0.233 e. The maximum absolute atomic E-state index is 12.5. The highest BCUT2D eigenvalue weighted by Crippen LogP contribution is 2.28. The number of nitrogens with one attached hydrogen (secondary N) is 1. The van der Waals surface area contributed by atoms with Gasteiger partial charge in [-0.3, -0.25) is 4.79 Å². The summed E-state index contributed by atoms with van der Waals surface area (Å²) in [5.74, 6) is 0.793. The van der Waals surface area contributed by atoms with Gasteiger partial charge in [-0.2, -0.15) is 0 Å². The van der Waals surface area contributed by atoms with E-state index in [9.17, 15) is 13.2 Å². The van der Waals surface area contributed by atoms with E-state index >= 15 is 0 Å². The first-order valence-corrected chi connectivity index (χ1v) is 12.2. The Bertz CT molecular complexity index is 956. The molecule has 7 nitrogen and oxygen atoms in total. The molecule has 1 aliphatic rings. The van der Waals surface area contributed by atoms with Gasteiger partial charge in [-0.1, -0.05) is 42.4 Å². The highest BCUT2D eigenvalue weighted by atomic mass is 32.2. The number of amides is 1. The van der Waals surface area contributed by atoms with Crippen LogP contribution < -0.4 is 5.32 Å². The molecular weight excluding hydrogens is 396 g/mol. The molecule has 2 aromatic rings. The van der Waals surface area contributed by atoms with Crippen LogP contribution in [0.5, 0.6) is 0 Å². The number of hydrogen-bond donors (Lipinski definition) is 1. The molecule has 1 fully saturated rings. The van der Waals surface area contributed by atoms with Crippen LogP contribution in [0.4, 0.5) is 0 Å². The molecule has 0 radical (unpaired) electrons. The van der Waals surface area contributed by atoms with E-state index in [2.05, 4.69) is 28.5 Å². The van der Waals surface area contributed by atoms with Crippen LogP contribution in [-0.4, -0.2) is 51.9 Å². The Morgan fingerprint density at radius 1 is 1.39 bits per heavy atom. The summed E-state index contributed by atoms with van der Waals surface area (Å²) in [7, 11) is -3.02. The lowest BCUT2D eigenvalue weighted by Gasteiger charge is -2.16. The van der Waals surface area contributed by atoms with Crippen molar-refractivity contribution in [3.63, 3.8) is 0 Å². The van der Waals surface area contributed by atoms with Gasteiger partial charge in [-0.05, 0) is 32.8 Å². The van der Waals surface area contributed by atoms with E-state index in [0.29, 0.717) is 11.6 Å². The first-order chi connectivity index (χ1) is 13.3. The van der Waals surface area contributed by atoms with Crippen molar-refractivity contribution in [3.05, 3.63) is 29.8 Å². The summed E-state index contributed by atoms with van der Waals surface area (Å²) in [6.07, 6.45) is 1.40. The minimum absolute atomic E-state index is 0.0274. The normalized spacial score (nSPS) is 19.5. The highest BCUT2D eigenvalue weighted by molar-refractivity contribution is 8.00. The summed E-state index contributed by atoms with van der Waals surface area (Å²) >= 11 is 1.35. The Hall–Kier alpha value is -1.87. The monoisotopic (exact) mass is 422 g/mol. The van der Waals surface area contributed by atoms with Gasteiger partial charge in [0.2, 0.25) is 5.91 Å². The van der Waals surface area contributed by atoms with Crippen LogP contribution in [0.25, 0.3) is 11.4 Å². The number of carbonyl (C=O) groups is 1. The van der Waals surface area contributed by atoms with Gasteiger partial charge in [0.25, 0.3) is 0 Å². The molecule has 1 aromatic carbocycles. The predicted molar refractivity (Wildman–Crippen MR) is 111 cm³/mol. The van der Waals surface area contributed by atoms with Crippen molar-refractivity contribution in [2.75, 3.05) is 11.5 Å². The smallest absolute Gasteiger partial charge is 0.233 e. The van der Waals surface area contributed by atoms with Gasteiger partial charge in [-0.15, -0.1) is 10.2 Å². The second-order valence-corrected chi connectivity index (χ2v) is 10.7. The second-order valence-electron chi connectivity index (χ2n) is 7.20. The highest BCUT2D eigenvalue weighted by Gasteiger charge is 2.30. The van der Waals surface area contributed by atoms with Gasteiger partial charge in [-0.25, -0.2) is 8.42 Å². The number of aryl methyl sites for hydroxylation is 1. The molecule has 1 aromatic heterocycles. The molecular formula is C19H26N4O3S2.